The molecule has 1 atom stereocenters. The van der Waals surface area contributed by atoms with Crippen LogP contribution in [0.25, 0.3) is 0 Å². The third-order valence-electron chi connectivity index (χ3n) is 4.65. The average Bonchev–Trinajstić information content (AvgIpc) is 2.63. The number of hydrogen-bond donors (Lipinski definition) is 1. The Hall–Kier alpha value is -0.570. The number of unbranched alkanes of at least 4 members (excludes halogenated alkanes) is 3. The predicted molar refractivity (Wildman–Crippen MR) is 85.5 cm³/mol. The fourth-order valence-corrected chi connectivity index (χ4v) is 3.14. The third-order valence-corrected chi connectivity index (χ3v) is 4.65. The summed E-state index contributed by atoms with van der Waals surface area (Å²) in [6.07, 6.45) is 8.75. The molecule has 0 aliphatic carbocycles. The van der Waals surface area contributed by atoms with Gasteiger partial charge in [-0.2, -0.15) is 0 Å². The molecule has 0 saturated carbocycles. The van der Waals surface area contributed by atoms with Gasteiger partial charge in [0.1, 0.15) is 0 Å². The van der Waals surface area contributed by atoms with Crippen molar-refractivity contribution >= 4 is 5.91 Å². The Bertz CT molecular complexity index is 283. The van der Waals surface area contributed by atoms with Gasteiger partial charge in [0, 0.05) is 19.5 Å². The molecule has 0 bridgehead atoms. The first kappa shape index (κ1) is 17.5. The zero-order valence-electron chi connectivity index (χ0n) is 13.8. The molecule has 20 heavy (non-hydrogen) atoms. The third kappa shape index (κ3) is 6.25. The van der Waals surface area contributed by atoms with E-state index in [-0.39, 0.29) is 0 Å². The van der Waals surface area contributed by atoms with Crippen LogP contribution >= 0.6 is 0 Å². The van der Waals surface area contributed by atoms with Gasteiger partial charge in [-0.25, -0.2) is 0 Å². The quantitative estimate of drug-likeness (QED) is 0.757. The molecule has 2 N–H and O–H groups in total. The van der Waals surface area contributed by atoms with Crippen molar-refractivity contribution in [1.29, 1.82) is 0 Å². The Labute approximate surface area is 125 Å². The van der Waals surface area contributed by atoms with Gasteiger partial charge in [-0.15, -0.1) is 0 Å². The molecule has 0 aromatic carbocycles. The van der Waals surface area contributed by atoms with Crippen LogP contribution in [-0.4, -0.2) is 30.4 Å². The fourth-order valence-electron chi connectivity index (χ4n) is 3.14. The standard InChI is InChI=1S/C17H34N2O/c1-17(2,3)15-9-8-13-19(14-11-15)16(20)10-6-4-5-7-12-18/h15H,4-14,18H2,1-3H3. The van der Waals surface area contributed by atoms with Crippen LogP contribution in [-0.2, 0) is 4.79 Å². The minimum atomic E-state index is 0.368. The Balaban J connectivity index is 2.28. The van der Waals surface area contributed by atoms with E-state index in [0.29, 0.717) is 11.3 Å². The van der Waals surface area contributed by atoms with E-state index in [1.54, 1.807) is 0 Å². The first-order valence-electron chi connectivity index (χ1n) is 8.43. The lowest BCUT2D eigenvalue weighted by atomic mass is 9.77. The highest BCUT2D eigenvalue weighted by Gasteiger charge is 2.28. The summed E-state index contributed by atoms with van der Waals surface area (Å²) in [5.41, 5.74) is 5.85. The molecule has 1 amide bonds. The Kier molecular flexibility index (Phi) is 7.57. The minimum Gasteiger partial charge on any atom is -0.343 e. The highest BCUT2D eigenvalue weighted by Crippen LogP contribution is 2.34. The van der Waals surface area contributed by atoms with Crippen LogP contribution in [0.1, 0.15) is 72.1 Å². The summed E-state index contributed by atoms with van der Waals surface area (Å²) in [5, 5.41) is 0. The number of nitrogens with two attached hydrogens (primary N) is 1. The Morgan fingerprint density at radius 2 is 1.80 bits per heavy atom. The molecular weight excluding hydrogens is 248 g/mol. The molecule has 118 valence electrons. The van der Waals surface area contributed by atoms with Crippen LogP contribution in [0.15, 0.2) is 0 Å². The van der Waals surface area contributed by atoms with E-state index in [1.165, 1.54) is 19.3 Å². The van der Waals surface area contributed by atoms with E-state index < -0.39 is 0 Å². The molecule has 1 saturated heterocycles. The van der Waals surface area contributed by atoms with Gasteiger partial charge in [0.15, 0.2) is 0 Å². The van der Waals surface area contributed by atoms with E-state index in [1.807, 2.05) is 0 Å². The molecule has 0 aromatic heterocycles. The number of nitrogens with zero attached hydrogens (tertiary/aromatic N) is 1. The van der Waals surface area contributed by atoms with Gasteiger partial charge in [-0.3, -0.25) is 4.79 Å². The second-order valence-corrected chi connectivity index (χ2v) is 7.33. The van der Waals surface area contributed by atoms with Crippen molar-refractivity contribution in [3.63, 3.8) is 0 Å². The summed E-state index contributed by atoms with van der Waals surface area (Å²) in [6, 6.07) is 0. The second kappa shape index (κ2) is 8.66. The molecule has 0 spiro atoms. The largest absolute Gasteiger partial charge is 0.343 e. The van der Waals surface area contributed by atoms with E-state index >= 15 is 0 Å². The first-order valence-corrected chi connectivity index (χ1v) is 8.43. The Morgan fingerprint density at radius 1 is 1.10 bits per heavy atom. The summed E-state index contributed by atoms with van der Waals surface area (Å²) in [5.74, 6) is 1.12. The highest BCUT2D eigenvalue weighted by molar-refractivity contribution is 5.76. The van der Waals surface area contributed by atoms with Gasteiger partial charge in [0.2, 0.25) is 5.91 Å². The lowest BCUT2D eigenvalue weighted by molar-refractivity contribution is -0.131. The van der Waals surface area contributed by atoms with Gasteiger partial charge in [-0.05, 0) is 50.0 Å². The Morgan fingerprint density at radius 3 is 2.45 bits per heavy atom. The molecule has 0 radical (unpaired) electrons. The van der Waals surface area contributed by atoms with Crippen molar-refractivity contribution in [3.05, 3.63) is 0 Å². The van der Waals surface area contributed by atoms with Crippen LogP contribution < -0.4 is 5.73 Å². The van der Waals surface area contributed by atoms with Gasteiger partial charge in [0.05, 0.1) is 0 Å². The maximum Gasteiger partial charge on any atom is 0.222 e. The van der Waals surface area contributed by atoms with Crippen LogP contribution in [0.4, 0.5) is 0 Å². The molecule has 0 aromatic rings. The summed E-state index contributed by atoms with van der Waals surface area (Å²) in [7, 11) is 0. The normalized spacial score (nSPS) is 20.8. The first-order chi connectivity index (χ1) is 9.45. The number of carbonyl (C=O) groups is 1. The lowest BCUT2D eigenvalue weighted by Crippen LogP contribution is -2.32. The molecule has 3 heteroatoms. The molecule has 1 unspecified atom stereocenters. The number of carbonyl (C=O) groups excluding carboxylic acids is 1. The van der Waals surface area contributed by atoms with Crippen LogP contribution in [0, 0.1) is 11.3 Å². The molecular formula is C17H34N2O. The second-order valence-electron chi connectivity index (χ2n) is 7.33. The molecule has 1 rings (SSSR count). The maximum absolute atomic E-state index is 12.2. The zero-order valence-corrected chi connectivity index (χ0v) is 13.8. The number of rotatable bonds is 6. The van der Waals surface area contributed by atoms with E-state index in [9.17, 15) is 4.79 Å². The molecule has 1 fully saturated rings. The van der Waals surface area contributed by atoms with E-state index in [0.717, 1.165) is 57.7 Å². The monoisotopic (exact) mass is 282 g/mol. The highest BCUT2D eigenvalue weighted by atomic mass is 16.2. The molecule has 3 nitrogen and oxygen atoms in total. The fraction of sp³-hybridized carbons (Fsp3) is 0.941. The van der Waals surface area contributed by atoms with Gasteiger partial charge in [-0.1, -0.05) is 33.6 Å². The summed E-state index contributed by atoms with van der Waals surface area (Å²) < 4.78 is 0. The summed E-state index contributed by atoms with van der Waals surface area (Å²) >= 11 is 0. The zero-order chi connectivity index (χ0) is 15.0. The van der Waals surface area contributed by atoms with Crippen molar-refractivity contribution in [1.82, 2.24) is 4.90 Å². The summed E-state index contributed by atoms with van der Waals surface area (Å²) in [4.78, 5) is 14.3. The maximum atomic E-state index is 12.2. The number of amides is 1. The lowest BCUT2D eigenvalue weighted by Gasteiger charge is -2.29. The van der Waals surface area contributed by atoms with Crippen LogP contribution in [0.5, 0.6) is 0 Å². The molecule has 1 heterocycles. The number of hydrogen-bond acceptors (Lipinski definition) is 2. The van der Waals surface area contributed by atoms with E-state index in [4.69, 9.17) is 5.73 Å². The topological polar surface area (TPSA) is 46.3 Å². The summed E-state index contributed by atoms with van der Waals surface area (Å²) in [6.45, 7) is 9.68. The number of likely N-dealkylation sites (tertiary alicyclic amines) is 1. The van der Waals surface area contributed by atoms with Crippen LogP contribution in [0.2, 0.25) is 0 Å². The van der Waals surface area contributed by atoms with Crippen molar-refractivity contribution in [3.8, 4) is 0 Å². The molecule has 1 aliphatic rings. The van der Waals surface area contributed by atoms with E-state index in [2.05, 4.69) is 25.7 Å². The van der Waals surface area contributed by atoms with Crippen molar-refractivity contribution < 1.29 is 4.79 Å². The SMILES string of the molecule is CC(C)(C)C1CCCN(C(=O)CCCCCCN)CC1. The van der Waals surface area contributed by atoms with Crippen molar-refractivity contribution in [2.75, 3.05) is 19.6 Å². The van der Waals surface area contributed by atoms with Crippen LogP contribution in [0.3, 0.4) is 0 Å². The van der Waals surface area contributed by atoms with Crippen molar-refractivity contribution in [2.24, 2.45) is 17.1 Å². The van der Waals surface area contributed by atoms with Crippen molar-refractivity contribution in [2.45, 2.75) is 72.1 Å². The van der Waals surface area contributed by atoms with Gasteiger partial charge < -0.3 is 10.6 Å². The smallest absolute Gasteiger partial charge is 0.222 e. The minimum absolute atomic E-state index is 0.368. The molecule has 1 aliphatic heterocycles. The predicted octanol–water partition coefficient (Wildman–Crippen LogP) is 3.57. The van der Waals surface area contributed by atoms with Gasteiger partial charge in [0.25, 0.3) is 0 Å². The van der Waals surface area contributed by atoms with Gasteiger partial charge >= 0.3 is 0 Å². The average molecular weight is 282 g/mol.